The lowest BCUT2D eigenvalue weighted by Gasteiger charge is -2.20. The van der Waals surface area contributed by atoms with Gasteiger partial charge in [-0.15, -0.1) is 0 Å². The van der Waals surface area contributed by atoms with E-state index in [1.54, 1.807) is 32.0 Å². The molecule has 5 nitrogen and oxygen atoms in total. The molecule has 1 fully saturated rings. The van der Waals surface area contributed by atoms with Crippen LogP contribution in [0, 0.1) is 6.92 Å². The van der Waals surface area contributed by atoms with Crippen LogP contribution in [-0.4, -0.2) is 18.1 Å². The average Bonchev–Trinajstić information content (AvgIpc) is 3.03. The van der Waals surface area contributed by atoms with Gasteiger partial charge in [-0.2, -0.15) is 0 Å². The van der Waals surface area contributed by atoms with E-state index in [9.17, 15) is 9.59 Å². The van der Waals surface area contributed by atoms with E-state index in [-0.39, 0.29) is 17.4 Å². The van der Waals surface area contributed by atoms with Crippen molar-refractivity contribution in [2.45, 2.75) is 64.5 Å². The summed E-state index contributed by atoms with van der Waals surface area (Å²) in [6.45, 7) is 3.54. The van der Waals surface area contributed by atoms with E-state index in [4.69, 9.17) is 9.15 Å². The van der Waals surface area contributed by atoms with E-state index >= 15 is 0 Å². The van der Waals surface area contributed by atoms with Gasteiger partial charge in [0.1, 0.15) is 17.1 Å². The lowest BCUT2D eigenvalue weighted by molar-refractivity contribution is -0.128. The van der Waals surface area contributed by atoms with E-state index in [1.165, 1.54) is 12.8 Å². The fourth-order valence-electron chi connectivity index (χ4n) is 4.30. The van der Waals surface area contributed by atoms with Crippen LogP contribution in [0.15, 0.2) is 57.7 Å². The zero-order valence-electron chi connectivity index (χ0n) is 18.1. The monoisotopic (exact) mass is 419 g/mol. The number of aryl methyl sites for hydroxylation is 1. The van der Waals surface area contributed by atoms with Crippen LogP contribution in [0.4, 0.5) is 0 Å². The first-order valence-corrected chi connectivity index (χ1v) is 11.1. The molecule has 4 rings (SSSR count). The number of ether oxygens (including phenoxy) is 1. The number of rotatable bonds is 5. The highest BCUT2D eigenvalue weighted by Crippen LogP contribution is 2.26. The Morgan fingerprint density at radius 1 is 1.06 bits per heavy atom. The fourth-order valence-corrected chi connectivity index (χ4v) is 4.30. The molecule has 0 saturated heterocycles. The maximum absolute atomic E-state index is 13.1. The molecule has 1 amide bonds. The standard InChI is InChI=1S/C26H29NO4/c1-17-24(19-10-6-5-7-11-19)25(28)22-15-14-21(16-23(22)31-17)30-18(2)26(29)27-20-12-8-3-4-9-13-20/h5-7,10-11,14-16,18,20H,3-4,8-9,12-13H2,1-2H3,(H,27,29)/t18-/m1/s1. The Hall–Kier alpha value is -3.08. The average molecular weight is 420 g/mol. The zero-order chi connectivity index (χ0) is 21.8. The van der Waals surface area contributed by atoms with Crippen LogP contribution in [0.3, 0.4) is 0 Å². The van der Waals surface area contributed by atoms with E-state index in [2.05, 4.69) is 5.32 Å². The summed E-state index contributed by atoms with van der Waals surface area (Å²) in [7, 11) is 0. The lowest BCUT2D eigenvalue weighted by atomic mass is 10.0. The second-order valence-corrected chi connectivity index (χ2v) is 8.34. The minimum Gasteiger partial charge on any atom is -0.481 e. The molecule has 0 spiro atoms. The molecule has 1 aliphatic carbocycles. The van der Waals surface area contributed by atoms with Gasteiger partial charge in [-0.25, -0.2) is 0 Å². The molecular weight excluding hydrogens is 390 g/mol. The number of carbonyl (C=O) groups is 1. The van der Waals surface area contributed by atoms with Crippen molar-refractivity contribution in [2.24, 2.45) is 0 Å². The van der Waals surface area contributed by atoms with Crippen LogP contribution < -0.4 is 15.5 Å². The Morgan fingerprint density at radius 2 is 1.77 bits per heavy atom. The van der Waals surface area contributed by atoms with E-state index in [1.807, 2.05) is 30.3 Å². The minimum atomic E-state index is -0.628. The molecule has 1 atom stereocenters. The first-order chi connectivity index (χ1) is 15.0. The first-order valence-electron chi connectivity index (χ1n) is 11.1. The Kier molecular flexibility index (Phi) is 6.40. The molecule has 0 bridgehead atoms. The summed E-state index contributed by atoms with van der Waals surface area (Å²) in [6, 6.07) is 14.9. The number of fused-ring (bicyclic) bond motifs is 1. The van der Waals surface area contributed by atoms with Crippen molar-refractivity contribution in [3.8, 4) is 16.9 Å². The third kappa shape index (κ3) is 4.82. The summed E-state index contributed by atoms with van der Waals surface area (Å²) in [6.07, 6.45) is 6.24. The van der Waals surface area contributed by atoms with Crippen LogP contribution >= 0.6 is 0 Å². The molecule has 162 valence electrons. The quantitative estimate of drug-likeness (QED) is 0.564. The molecular formula is C26H29NO4. The highest BCUT2D eigenvalue weighted by atomic mass is 16.5. The number of nitrogens with one attached hydrogen (secondary N) is 1. The van der Waals surface area contributed by atoms with Crippen LogP contribution in [-0.2, 0) is 4.79 Å². The minimum absolute atomic E-state index is 0.0735. The first kappa shape index (κ1) is 21.2. The van der Waals surface area contributed by atoms with Gasteiger partial charge in [-0.3, -0.25) is 9.59 Å². The van der Waals surface area contributed by atoms with Gasteiger partial charge in [0.15, 0.2) is 6.10 Å². The van der Waals surface area contributed by atoms with Crippen LogP contribution in [0.1, 0.15) is 51.2 Å². The Bertz CT molecular complexity index is 1110. The van der Waals surface area contributed by atoms with Crippen molar-refractivity contribution in [3.05, 3.63) is 64.5 Å². The predicted octanol–water partition coefficient (Wildman–Crippen LogP) is 5.37. The summed E-state index contributed by atoms with van der Waals surface area (Å²) in [5.41, 5.74) is 1.78. The van der Waals surface area contributed by atoms with Crippen molar-refractivity contribution in [1.29, 1.82) is 0 Å². The molecule has 0 aliphatic heterocycles. The summed E-state index contributed by atoms with van der Waals surface area (Å²) in [5, 5.41) is 3.62. The summed E-state index contributed by atoms with van der Waals surface area (Å²) in [4.78, 5) is 25.7. The normalized spacial score (nSPS) is 15.9. The van der Waals surface area contributed by atoms with Gasteiger partial charge in [0.2, 0.25) is 5.43 Å². The van der Waals surface area contributed by atoms with Gasteiger partial charge in [0, 0.05) is 12.1 Å². The molecule has 31 heavy (non-hydrogen) atoms. The largest absolute Gasteiger partial charge is 0.481 e. The topological polar surface area (TPSA) is 68.5 Å². The van der Waals surface area contributed by atoms with Crippen LogP contribution in [0.25, 0.3) is 22.1 Å². The maximum Gasteiger partial charge on any atom is 0.260 e. The highest BCUT2D eigenvalue weighted by molar-refractivity contribution is 5.84. The van der Waals surface area contributed by atoms with Crippen molar-refractivity contribution < 1.29 is 13.9 Å². The molecule has 0 unspecified atom stereocenters. The predicted molar refractivity (Wildman–Crippen MR) is 122 cm³/mol. The molecule has 2 aromatic carbocycles. The van der Waals surface area contributed by atoms with Gasteiger partial charge in [-0.1, -0.05) is 56.0 Å². The van der Waals surface area contributed by atoms with E-state index < -0.39 is 6.10 Å². The highest BCUT2D eigenvalue weighted by Gasteiger charge is 2.21. The van der Waals surface area contributed by atoms with Crippen molar-refractivity contribution in [1.82, 2.24) is 5.32 Å². The zero-order valence-corrected chi connectivity index (χ0v) is 18.1. The van der Waals surface area contributed by atoms with Crippen LogP contribution in [0.5, 0.6) is 5.75 Å². The molecule has 1 N–H and O–H groups in total. The Morgan fingerprint density at radius 3 is 2.48 bits per heavy atom. The van der Waals surface area contributed by atoms with Crippen molar-refractivity contribution in [3.63, 3.8) is 0 Å². The fraction of sp³-hybridized carbons (Fsp3) is 0.385. The van der Waals surface area contributed by atoms with Gasteiger partial charge < -0.3 is 14.5 Å². The van der Waals surface area contributed by atoms with E-state index in [0.717, 1.165) is 31.2 Å². The lowest BCUT2D eigenvalue weighted by Crippen LogP contribution is -2.42. The summed E-state index contributed by atoms with van der Waals surface area (Å²) in [5.74, 6) is 0.954. The summed E-state index contributed by atoms with van der Waals surface area (Å²) >= 11 is 0. The second kappa shape index (κ2) is 9.38. The molecule has 3 aromatic rings. The molecule has 0 radical (unpaired) electrons. The number of benzene rings is 2. The smallest absolute Gasteiger partial charge is 0.260 e. The number of carbonyl (C=O) groups excluding carboxylic acids is 1. The van der Waals surface area contributed by atoms with Crippen molar-refractivity contribution >= 4 is 16.9 Å². The Balaban J connectivity index is 1.52. The third-order valence-corrected chi connectivity index (χ3v) is 5.99. The number of hydrogen-bond donors (Lipinski definition) is 1. The Labute approximate surface area is 182 Å². The molecule has 1 aliphatic rings. The van der Waals surface area contributed by atoms with Crippen LogP contribution in [0.2, 0.25) is 0 Å². The van der Waals surface area contributed by atoms with Crippen molar-refractivity contribution in [2.75, 3.05) is 0 Å². The van der Waals surface area contributed by atoms with Gasteiger partial charge in [0.25, 0.3) is 5.91 Å². The SMILES string of the molecule is Cc1oc2cc(O[C@H](C)C(=O)NC3CCCCCC3)ccc2c(=O)c1-c1ccccc1. The maximum atomic E-state index is 13.1. The number of hydrogen-bond acceptors (Lipinski definition) is 4. The van der Waals surface area contributed by atoms with Gasteiger partial charge in [0.05, 0.1) is 10.9 Å². The molecule has 1 heterocycles. The third-order valence-electron chi connectivity index (χ3n) is 5.99. The molecule has 1 aromatic heterocycles. The van der Waals surface area contributed by atoms with Gasteiger partial charge >= 0.3 is 0 Å². The second-order valence-electron chi connectivity index (χ2n) is 8.34. The summed E-state index contributed by atoms with van der Waals surface area (Å²) < 4.78 is 11.8. The van der Waals surface area contributed by atoms with E-state index in [0.29, 0.717) is 28.0 Å². The number of amides is 1. The molecule has 1 saturated carbocycles. The molecule has 5 heteroatoms. The van der Waals surface area contributed by atoms with Gasteiger partial charge in [-0.05, 0) is 44.4 Å².